The van der Waals surface area contributed by atoms with Crippen molar-refractivity contribution in [3.05, 3.63) is 53.1 Å². The molecule has 0 spiro atoms. The highest BCUT2D eigenvalue weighted by atomic mass is 16.5. The van der Waals surface area contributed by atoms with Crippen LogP contribution in [0.3, 0.4) is 0 Å². The molecule has 0 aliphatic rings. The summed E-state index contributed by atoms with van der Waals surface area (Å²) in [4.78, 5) is 11.4. The molecule has 0 aliphatic carbocycles. The van der Waals surface area contributed by atoms with Crippen LogP contribution in [-0.2, 0) is 0 Å². The first-order chi connectivity index (χ1) is 9.95. The van der Waals surface area contributed by atoms with Crippen molar-refractivity contribution in [1.82, 2.24) is 0 Å². The Labute approximate surface area is 125 Å². The summed E-state index contributed by atoms with van der Waals surface area (Å²) in [5, 5.41) is 9.37. The summed E-state index contributed by atoms with van der Waals surface area (Å²) < 4.78 is 5.44. The number of ether oxygens (including phenoxy) is 1. The van der Waals surface area contributed by atoms with Gasteiger partial charge in [0.2, 0.25) is 0 Å². The van der Waals surface area contributed by atoms with Crippen LogP contribution in [0.15, 0.2) is 36.4 Å². The molecule has 110 valence electrons. The van der Waals surface area contributed by atoms with E-state index in [2.05, 4.69) is 13.8 Å². The molecule has 0 heterocycles. The highest BCUT2D eigenvalue weighted by Crippen LogP contribution is 2.35. The van der Waals surface area contributed by atoms with E-state index in [0.717, 1.165) is 28.0 Å². The molecule has 2 aromatic rings. The maximum Gasteiger partial charge on any atom is 0.336 e. The summed E-state index contributed by atoms with van der Waals surface area (Å²) >= 11 is 0. The van der Waals surface area contributed by atoms with E-state index >= 15 is 0 Å². The Morgan fingerprint density at radius 3 is 2.38 bits per heavy atom. The van der Waals surface area contributed by atoms with E-state index in [9.17, 15) is 9.90 Å². The van der Waals surface area contributed by atoms with Crippen molar-refractivity contribution in [2.75, 3.05) is 7.11 Å². The molecule has 0 radical (unpaired) electrons. The molecule has 0 fully saturated rings. The minimum atomic E-state index is -0.910. The van der Waals surface area contributed by atoms with Crippen LogP contribution in [0.25, 0.3) is 11.1 Å². The molecule has 1 N–H and O–H groups in total. The van der Waals surface area contributed by atoms with E-state index in [0.29, 0.717) is 11.5 Å². The van der Waals surface area contributed by atoms with Gasteiger partial charge in [-0.25, -0.2) is 4.79 Å². The van der Waals surface area contributed by atoms with Gasteiger partial charge >= 0.3 is 5.97 Å². The van der Waals surface area contributed by atoms with Crippen molar-refractivity contribution < 1.29 is 14.6 Å². The van der Waals surface area contributed by atoms with E-state index in [1.807, 2.05) is 31.2 Å². The molecule has 0 bridgehead atoms. The molecular weight excluding hydrogens is 264 g/mol. The zero-order chi connectivity index (χ0) is 15.6. The maximum atomic E-state index is 11.4. The van der Waals surface area contributed by atoms with Gasteiger partial charge in [0, 0.05) is 0 Å². The highest BCUT2D eigenvalue weighted by Gasteiger charge is 2.16. The van der Waals surface area contributed by atoms with Crippen molar-refractivity contribution in [3.8, 4) is 16.9 Å². The van der Waals surface area contributed by atoms with E-state index in [1.54, 1.807) is 19.2 Å². The standard InChI is InChI=1S/C18H20O3/c1-11(2)15-10-16(12(3)9-17(15)21-4)13-7-5-6-8-14(13)18(19)20/h5-11H,1-4H3,(H,19,20). The van der Waals surface area contributed by atoms with Crippen molar-refractivity contribution >= 4 is 5.97 Å². The zero-order valence-electron chi connectivity index (χ0n) is 12.8. The lowest BCUT2D eigenvalue weighted by Gasteiger charge is -2.17. The van der Waals surface area contributed by atoms with E-state index < -0.39 is 5.97 Å². The minimum absolute atomic E-state index is 0.302. The predicted molar refractivity (Wildman–Crippen MR) is 84.2 cm³/mol. The maximum absolute atomic E-state index is 11.4. The van der Waals surface area contributed by atoms with Crippen LogP contribution in [0, 0.1) is 6.92 Å². The Bertz CT molecular complexity index is 672. The van der Waals surface area contributed by atoms with Crippen LogP contribution in [0.5, 0.6) is 5.75 Å². The number of carboxylic acid groups (broad SMARTS) is 1. The summed E-state index contributed by atoms with van der Waals surface area (Å²) in [5.74, 6) is 0.238. The fourth-order valence-electron chi connectivity index (χ4n) is 2.52. The molecule has 0 amide bonds. The third-order valence-corrected chi connectivity index (χ3v) is 3.65. The number of benzene rings is 2. The van der Waals surface area contributed by atoms with E-state index in [4.69, 9.17) is 4.74 Å². The molecule has 0 aromatic heterocycles. The third-order valence-electron chi connectivity index (χ3n) is 3.65. The number of aryl methyl sites for hydroxylation is 1. The van der Waals surface area contributed by atoms with Gasteiger partial charge in [-0.05, 0) is 53.3 Å². The fraction of sp³-hybridized carbons (Fsp3) is 0.278. The summed E-state index contributed by atoms with van der Waals surface area (Å²) in [6, 6.07) is 11.1. The Hall–Kier alpha value is -2.29. The van der Waals surface area contributed by atoms with Gasteiger partial charge in [-0.3, -0.25) is 0 Å². The van der Waals surface area contributed by atoms with Gasteiger partial charge in [-0.15, -0.1) is 0 Å². The number of carboxylic acids is 1. The van der Waals surface area contributed by atoms with Gasteiger partial charge in [0.15, 0.2) is 0 Å². The van der Waals surface area contributed by atoms with Crippen LogP contribution >= 0.6 is 0 Å². The van der Waals surface area contributed by atoms with Crippen LogP contribution in [0.2, 0.25) is 0 Å². The molecule has 0 saturated carbocycles. The van der Waals surface area contributed by atoms with Gasteiger partial charge in [0.25, 0.3) is 0 Å². The second kappa shape index (κ2) is 6.00. The van der Waals surface area contributed by atoms with Crippen LogP contribution in [0.4, 0.5) is 0 Å². The first-order valence-corrected chi connectivity index (χ1v) is 6.97. The topological polar surface area (TPSA) is 46.5 Å². The molecule has 21 heavy (non-hydrogen) atoms. The van der Waals surface area contributed by atoms with Gasteiger partial charge in [0.05, 0.1) is 12.7 Å². The Morgan fingerprint density at radius 1 is 1.14 bits per heavy atom. The monoisotopic (exact) mass is 284 g/mol. The second-order valence-corrected chi connectivity index (χ2v) is 5.41. The average molecular weight is 284 g/mol. The lowest BCUT2D eigenvalue weighted by molar-refractivity contribution is 0.0697. The molecule has 0 aliphatic heterocycles. The third kappa shape index (κ3) is 2.92. The van der Waals surface area contributed by atoms with Gasteiger partial charge in [-0.2, -0.15) is 0 Å². The Morgan fingerprint density at radius 2 is 1.81 bits per heavy atom. The smallest absolute Gasteiger partial charge is 0.336 e. The SMILES string of the molecule is COc1cc(C)c(-c2ccccc2C(=O)O)cc1C(C)C. The molecule has 2 aromatic carbocycles. The highest BCUT2D eigenvalue weighted by molar-refractivity contribution is 5.96. The number of hydrogen-bond donors (Lipinski definition) is 1. The normalized spacial score (nSPS) is 10.7. The average Bonchev–Trinajstić information content (AvgIpc) is 2.46. The van der Waals surface area contributed by atoms with E-state index in [-0.39, 0.29) is 0 Å². The van der Waals surface area contributed by atoms with Gasteiger partial charge < -0.3 is 9.84 Å². The quantitative estimate of drug-likeness (QED) is 0.899. The Balaban J connectivity index is 2.70. The number of methoxy groups -OCH3 is 1. The van der Waals surface area contributed by atoms with Crippen LogP contribution in [-0.4, -0.2) is 18.2 Å². The second-order valence-electron chi connectivity index (χ2n) is 5.41. The summed E-state index contributed by atoms with van der Waals surface area (Å²) in [6.07, 6.45) is 0. The first-order valence-electron chi connectivity index (χ1n) is 6.97. The zero-order valence-corrected chi connectivity index (χ0v) is 12.8. The number of rotatable bonds is 4. The molecule has 3 nitrogen and oxygen atoms in total. The van der Waals surface area contributed by atoms with E-state index in [1.165, 1.54) is 0 Å². The first kappa shape index (κ1) is 15.1. The number of hydrogen-bond acceptors (Lipinski definition) is 2. The van der Waals surface area contributed by atoms with Crippen molar-refractivity contribution in [3.63, 3.8) is 0 Å². The van der Waals surface area contributed by atoms with Crippen molar-refractivity contribution in [2.45, 2.75) is 26.7 Å². The van der Waals surface area contributed by atoms with Crippen molar-refractivity contribution in [2.24, 2.45) is 0 Å². The summed E-state index contributed by atoms with van der Waals surface area (Å²) in [5.41, 5.74) is 4.09. The molecule has 0 unspecified atom stereocenters. The van der Waals surface area contributed by atoms with Gasteiger partial charge in [0.1, 0.15) is 5.75 Å². The number of aromatic carboxylic acids is 1. The molecule has 0 saturated heterocycles. The molecular formula is C18H20O3. The largest absolute Gasteiger partial charge is 0.496 e. The summed E-state index contributed by atoms with van der Waals surface area (Å²) in [7, 11) is 1.66. The van der Waals surface area contributed by atoms with Gasteiger partial charge in [-0.1, -0.05) is 32.0 Å². The van der Waals surface area contributed by atoms with Crippen LogP contribution < -0.4 is 4.74 Å². The number of carbonyl (C=O) groups is 1. The molecule has 0 atom stereocenters. The lowest BCUT2D eigenvalue weighted by atomic mass is 9.91. The predicted octanol–water partition coefficient (Wildman–Crippen LogP) is 4.49. The summed E-state index contributed by atoms with van der Waals surface area (Å²) in [6.45, 7) is 6.17. The van der Waals surface area contributed by atoms with Crippen LogP contribution in [0.1, 0.15) is 41.3 Å². The molecule has 2 rings (SSSR count). The Kier molecular flexibility index (Phi) is 4.32. The van der Waals surface area contributed by atoms with Crippen molar-refractivity contribution in [1.29, 1.82) is 0 Å². The minimum Gasteiger partial charge on any atom is -0.496 e. The fourth-order valence-corrected chi connectivity index (χ4v) is 2.52. The lowest BCUT2D eigenvalue weighted by Crippen LogP contribution is -2.02. The molecule has 3 heteroatoms.